The molecule has 92 valence electrons. The fourth-order valence-corrected chi connectivity index (χ4v) is 2.14. The van der Waals surface area contributed by atoms with Crippen LogP contribution in [0.15, 0.2) is 24.3 Å². The summed E-state index contributed by atoms with van der Waals surface area (Å²) in [4.78, 5) is 13.7. The second-order valence-electron chi connectivity index (χ2n) is 4.26. The second-order valence-corrected chi connectivity index (χ2v) is 4.26. The summed E-state index contributed by atoms with van der Waals surface area (Å²) in [5.74, 6) is -0.115. The van der Waals surface area contributed by atoms with Gasteiger partial charge in [-0.05, 0) is 30.7 Å². The SMILES string of the molecule is CCCN(c1ccc(N)cc1)C1CCOC1=O. The maximum absolute atomic E-state index is 11.6. The van der Waals surface area contributed by atoms with Crippen LogP contribution >= 0.6 is 0 Å². The number of ether oxygens (including phenoxy) is 1. The molecule has 0 spiro atoms. The highest BCUT2D eigenvalue weighted by molar-refractivity contribution is 5.81. The zero-order valence-corrected chi connectivity index (χ0v) is 10.1. The van der Waals surface area contributed by atoms with Gasteiger partial charge < -0.3 is 15.4 Å². The lowest BCUT2D eigenvalue weighted by atomic mass is 10.1. The van der Waals surface area contributed by atoms with E-state index < -0.39 is 0 Å². The van der Waals surface area contributed by atoms with Crippen molar-refractivity contribution in [3.8, 4) is 0 Å². The van der Waals surface area contributed by atoms with Crippen molar-refractivity contribution in [2.45, 2.75) is 25.8 Å². The first-order valence-electron chi connectivity index (χ1n) is 6.01. The zero-order chi connectivity index (χ0) is 12.3. The first-order valence-corrected chi connectivity index (χ1v) is 6.01. The van der Waals surface area contributed by atoms with E-state index in [1.165, 1.54) is 0 Å². The number of carbonyl (C=O) groups excluding carboxylic acids is 1. The molecule has 1 aliphatic rings. The summed E-state index contributed by atoms with van der Waals surface area (Å²) >= 11 is 0. The van der Waals surface area contributed by atoms with Crippen LogP contribution in [0, 0.1) is 0 Å². The largest absolute Gasteiger partial charge is 0.464 e. The van der Waals surface area contributed by atoms with Crippen molar-refractivity contribution in [2.24, 2.45) is 0 Å². The van der Waals surface area contributed by atoms with Gasteiger partial charge >= 0.3 is 5.97 Å². The van der Waals surface area contributed by atoms with Gasteiger partial charge in [0.05, 0.1) is 6.61 Å². The number of nitrogens with two attached hydrogens (primary N) is 1. The Hall–Kier alpha value is -1.71. The molecule has 1 saturated heterocycles. The average Bonchev–Trinajstić information content (AvgIpc) is 2.74. The third-order valence-electron chi connectivity index (χ3n) is 2.97. The lowest BCUT2D eigenvalue weighted by Crippen LogP contribution is -2.39. The zero-order valence-electron chi connectivity index (χ0n) is 10.1. The van der Waals surface area contributed by atoms with Gasteiger partial charge in [-0.25, -0.2) is 4.79 Å². The molecule has 0 saturated carbocycles. The first kappa shape index (κ1) is 11.8. The van der Waals surface area contributed by atoms with Gasteiger partial charge in [-0.1, -0.05) is 6.92 Å². The molecule has 0 radical (unpaired) electrons. The molecule has 1 aromatic carbocycles. The lowest BCUT2D eigenvalue weighted by molar-refractivity contribution is -0.139. The molecule has 1 atom stereocenters. The average molecular weight is 234 g/mol. The van der Waals surface area contributed by atoms with E-state index in [1.807, 2.05) is 24.3 Å². The highest BCUT2D eigenvalue weighted by Gasteiger charge is 2.31. The molecule has 1 aliphatic heterocycles. The second kappa shape index (κ2) is 5.08. The predicted molar refractivity (Wildman–Crippen MR) is 67.9 cm³/mol. The summed E-state index contributed by atoms with van der Waals surface area (Å²) in [5, 5.41) is 0. The number of carbonyl (C=O) groups is 1. The molecule has 0 amide bonds. The lowest BCUT2D eigenvalue weighted by Gasteiger charge is -2.28. The van der Waals surface area contributed by atoms with Crippen LogP contribution in [0.1, 0.15) is 19.8 Å². The van der Waals surface area contributed by atoms with Crippen LogP contribution in [0.25, 0.3) is 0 Å². The van der Waals surface area contributed by atoms with Crippen molar-refractivity contribution >= 4 is 17.3 Å². The van der Waals surface area contributed by atoms with E-state index in [0.717, 1.165) is 30.8 Å². The first-order chi connectivity index (χ1) is 8.22. The molecular formula is C13H18N2O2. The van der Waals surface area contributed by atoms with Gasteiger partial charge in [0.1, 0.15) is 6.04 Å². The fraction of sp³-hybridized carbons (Fsp3) is 0.462. The summed E-state index contributed by atoms with van der Waals surface area (Å²) in [7, 11) is 0. The summed E-state index contributed by atoms with van der Waals surface area (Å²) in [6.07, 6.45) is 1.76. The molecule has 1 fully saturated rings. The molecular weight excluding hydrogens is 216 g/mol. The van der Waals surface area contributed by atoms with E-state index >= 15 is 0 Å². The minimum atomic E-state index is -0.140. The minimum absolute atomic E-state index is 0.115. The molecule has 2 N–H and O–H groups in total. The Morgan fingerprint density at radius 3 is 2.65 bits per heavy atom. The number of cyclic esters (lactones) is 1. The van der Waals surface area contributed by atoms with E-state index in [4.69, 9.17) is 10.5 Å². The highest BCUT2D eigenvalue weighted by atomic mass is 16.5. The standard InChI is InChI=1S/C13H18N2O2/c1-2-8-15(12-7-9-17-13(12)16)11-5-3-10(14)4-6-11/h3-6,12H,2,7-9,14H2,1H3. The van der Waals surface area contributed by atoms with Gasteiger partial charge in [-0.3, -0.25) is 0 Å². The maximum atomic E-state index is 11.6. The molecule has 2 rings (SSSR count). The Morgan fingerprint density at radius 1 is 1.41 bits per heavy atom. The van der Waals surface area contributed by atoms with E-state index in [-0.39, 0.29) is 12.0 Å². The van der Waals surface area contributed by atoms with Crippen molar-refractivity contribution in [2.75, 3.05) is 23.8 Å². The van der Waals surface area contributed by atoms with Crippen LogP contribution in [0.3, 0.4) is 0 Å². The summed E-state index contributed by atoms with van der Waals surface area (Å²) < 4.78 is 5.03. The Bertz CT molecular complexity index is 389. The molecule has 17 heavy (non-hydrogen) atoms. The summed E-state index contributed by atoms with van der Waals surface area (Å²) in [5.41, 5.74) is 7.44. The number of esters is 1. The van der Waals surface area contributed by atoms with Crippen molar-refractivity contribution in [1.82, 2.24) is 0 Å². The van der Waals surface area contributed by atoms with E-state index in [2.05, 4.69) is 11.8 Å². The Morgan fingerprint density at radius 2 is 2.12 bits per heavy atom. The molecule has 0 bridgehead atoms. The quantitative estimate of drug-likeness (QED) is 0.637. The number of hydrogen-bond donors (Lipinski definition) is 1. The molecule has 1 aromatic rings. The number of hydrogen-bond acceptors (Lipinski definition) is 4. The van der Waals surface area contributed by atoms with Gasteiger partial charge in [-0.15, -0.1) is 0 Å². The van der Waals surface area contributed by atoms with E-state index in [0.29, 0.717) is 6.61 Å². The predicted octanol–water partition coefficient (Wildman–Crippen LogP) is 1.80. The third-order valence-corrected chi connectivity index (χ3v) is 2.97. The summed E-state index contributed by atoms with van der Waals surface area (Å²) in [6.45, 7) is 3.48. The fourth-order valence-electron chi connectivity index (χ4n) is 2.14. The normalized spacial score (nSPS) is 19.1. The van der Waals surface area contributed by atoms with Gasteiger partial charge in [0.2, 0.25) is 0 Å². The molecule has 4 heteroatoms. The third kappa shape index (κ3) is 2.52. The number of rotatable bonds is 4. The van der Waals surface area contributed by atoms with Gasteiger partial charge in [0.25, 0.3) is 0 Å². The number of anilines is 2. The van der Waals surface area contributed by atoms with Crippen LogP contribution in [0.2, 0.25) is 0 Å². The summed E-state index contributed by atoms with van der Waals surface area (Å²) in [6, 6.07) is 7.49. The molecule has 1 heterocycles. The van der Waals surface area contributed by atoms with Gasteiger partial charge in [-0.2, -0.15) is 0 Å². The number of nitrogens with zero attached hydrogens (tertiary/aromatic N) is 1. The highest BCUT2D eigenvalue weighted by Crippen LogP contribution is 2.23. The maximum Gasteiger partial charge on any atom is 0.328 e. The molecule has 1 unspecified atom stereocenters. The molecule has 0 aromatic heterocycles. The Balaban J connectivity index is 2.21. The monoisotopic (exact) mass is 234 g/mol. The van der Waals surface area contributed by atoms with Crippen LogP contribution in [-0.2, 0) is 9.53 Å². The van der Waals surface area contributed by atoms with Crippen LogP contribution < -0.4 is 10.6 Å². The number of benzene rings is 1. The smallest absolute Gasteiger partial charge is 0.328 e. The van der Waals surface area contributed by atoms with Gasteiger partial charge in [0.15, 0.2) is 0 Å². The van der Waals surface area contributed by atoms with E-state index in [9.17, 15) is 4.79 Å². The topological polar surface area (TPSA) is 55.6 Å². The van der Waals surface area contributed by atoms with Crippen molar-refractivity contribution in [3.63, 3.8) is 0 Å². The molecule has 0 aliphatic carbocycles. The Kier molecular flexibility index (Phi) is 3.52. The molecule has 4 nitrogen and oxygen atoms in total. The van der Waals surface area contributed by atoms with E-state index in [1.54, 1.807) is 0 Å². The van der Waals surface area contributed by atoms with Crippen molar-refractivity contribution in [3.05, 3.63) is 24.3 Å². The van der Waals surface area contributed by atoms with Gasteiger partial charge in [0, 0.05) is 24.3 Å². The van der Waals surface area contributed by atoms with Crippen LogP contribution in [0.5, 0.6) is 0 Å². The Labute approximate surface area is 101 Å². The van der Waals surface area contributed by atoms with Crippen LogP contribution in [-0.4, -0.2) is 25.2 Å². The van der Waals surface area contributed by atoms with Crippen molar-refractivity contribution in [1.29, 1.82) is 0 Å². The number of nitrogen functional groups attached to an aromatic ring is 1. The van der Waals surface area contributed by atoms with Crippen molar-refractivity contribution < 1.29 is 9.53 Å². The minimum Gasteiger partial charge on any atom is -0.464 e. The van der Waals surface area contributed by atoms with Crippen LogP contribution in [0.4, 0.5) is 11.4 Å².